The zero-order chi connectivity index (χ0) is 25.0. The van der Waals surface area contributed by atoms with Gasteiger partial charge in [0.15, 0.2) is 0 Å². The van der Waals surface area contributed by atoms with Crippen LogP contribution in [0.5, 0.6) is 0 Å². The summed E-state index contributed by atoms with van der Waals surface area (Å²) in [6.07, 6.45) is -3.01. The number of alkyl halides is 3. The normalized spacial score (nSPS) is 11.6. The first kappa shape index (κ1) is 25.2. The third-order valence-electron chi connectivity index (χ3n) is 5.11. The Balaban J connectivity index is 1.82. The van der Waals surface area contributed by atoms with Gasteiger partial charge < -0.3 is 15.0 Å². The van der Waals surface area contributed by atoms with Crippen molar-refractivity contribution in [1.29, 1.82) is 0 Å². The maximum Gasteiger partial charge on any atom is 0.419 e. The summed E-state index contributed by atoms with van der Waals surface area (Å²) in [5.41, 5.74) is -1.76. The quantitative estimate of drug-likeness (QED) is 0.328. The molecular weight excluding hydrogens is 480 g/mol. The summed E-state index contributed by atoms with van der Waals surface area (Å²) < 4.78 is 53.7. The van der Waals surface area contributed by atoms with E-state index >= 15 is 0 Å². The molecule has 0 aliphatic carbocycles. The van der Waals surface area contributed by atoms with Gasteiger partial charge in [-0.3, -0.25) is 14.4 Å². The van der Waals surface area contributed by atoms with Gasteiger partial charge in [0.2, 0.25) is 5.91 Å². The number of aromatic nitrogens is 1. The average Bonchev–Trinajstić information content (AvgIpc) is 2.75. The summed E-state index contributed by atoms with van der Waals surface area (Å²) in [5, 5.41) is 11.9. The Morgan fingerprint density at radius 3 is 2.47 bits per heavy atom. The molecule has 0 aliphatic rings. The second-order valence-electron chi connectivity index (χ2n) is 7.59. The van der Waals surface area contributed by atoms with Gasteiger partial charge in [-0.05, 0) is 48.7 Å². The number of rotatable bonds is 8. The third-order valence-corrected chi connectivity index (χ3v) is 5.43. The molecule has 11 heteroatoms. The third kappa shape index (κ3) is 5.93. The number of carbonyl (C=O) groups is 2. The molecule has 3 aromatic rings. The van der Waals surface area contributed by atoms with Gasteiger partial charge >= 0.3 is 12.1 Å². The summed E-state index contributed by atoms with van der Waals surface area (Å²) >= 11 is 6.20. The molecule has 180 valence electrons. The number of unbranched alkanes of at least 4 members (excludes halogenated alkanes) is 1. The Morgan fingerprint density at radius 1 is 1.06 bits per heavy atom. The maximum atomic E-state index is 13.5. The van der Waals surface area contributed by atoms with Crippen molar-refractivity contribution in [2.75, 3.05) is 5.32 Å². The molecule has 0 atom stereocenters. The fourth-order valence-corrected chi connectivity index (χ4v) is 3.68. The Kier molecular flexibility index (Phi) is 7.61. The number of benzene rings is 2. The molecule has 0 saturated heterocycles. The van der Waals surface area contributed by atoms with Crippen LogP contribution in [0.4, 0.5) is 23.2 Å². The van der Waals surface area contributed by atoms with Gasteiger partial charge in [0.1, 0.15) is 5.82 Å². The Bertz CT molecular complexity index is 1300. The molecular formula is C23H19ClF4N2O4. The molecule has 0 aliphatic heterocycles. The van der Waals surface area contributed by atoms with Crippen LogP contribution in [0.25, 0.3) is 10.8 Å². The molecule has 0 saturated carbocycles. The molecule has 1 aromatic heterocycles. The Morgan fingerprint density at radius 2 is 1.79 bits per heavy atom. The van der Waals surface area contributed by atoms with E-state index in [0.29, 0.717) is 36.9 Å². The predicted octanol–water partition coefficient (Wildman–Crippen LogP) is 5.25. The minimum atomic E-state index is -4.90. The van der Waals surface area contributed by atoms with E-state index in [1.807, 2.05) is 0 Å². The SMILES string of the molecule is O=C(O)CCCCn1ccc2c(NC(=O)Cc3ccc(F)c(C(F)(F)F)c3)c(Cl)ccc2c1=O. The van der Waals surface area contributed by atoms with Gasteiger partial charge in [-0.25, -0.2) is 4.39 Å². The topological polar surface area (TPSA) is 88.4 Å². The molecule has 1 amide bonds. The van der Waals surface area contributed by atoms with Gasteiger partial charge in [-0.2, -0.15) is 13.2 Å². The number of halogens is 5. The van der Waals surface area contributed by atoms with Crippen molar-refractivity contribution in [2.45, 2.75) is 38.4 Å². The lowest BCUT2D eigenvalue weighted by Crippen LogP contribution is -2.21. The molecule has 0 fully saturated rings. The number of nitrogens with zero attached hydrogens (tertiary/aromatic N) is 1. The van der Waals surface area contributed by atoms with Crippen LogP contribution < -0.4 is 10.9 Å². The van der Waals surface area contributed by atoms with Crippen molar-refractivity contribution in [1.82, 2.24) is 4.57 Å². The van der Waals surface area contributed by atoms with E-state index < -0.39 is 35.9 Å². The number of aliphatic carboxylic acids is 1. The fraction of sp³-hybridized carbons (Fsp3) is 0.261. The smallest absolute Gasteiger partial charge is 0.419 e. The molecule has 0 unspecified atom stereocenters. The zero-order valence-electron chi connectivity index (χ0n) is 17.6. The molecule has 0 spiro atoms. The molecule has 34 heavy (non-hydrogen) atoms. The molecule has 0 bridgehead atoms. The van der Waals surface area contributed by atoms with Crippen LogP contribution in [0.15, 0.2) is 47.4 Å². The molecule has 2 aromatic carbocycles. The monoisotopic (exact) mass is 498 g/mol. The van der Waals surface area contributed by atoms with E-state index in [0.717, 1.165) is 6.07 Å². The number of nitrogens with one attached hydrogen (secondary N) is 1. The summed E-state index contributed by atoms with van der Waals surface area (Å²) in [6.45, 7) is 0.304. The van der Waals surface area contributed by atoms with Crippen LogP contribution in [0.3, 0.4) is 0 Å². The van der Waals surface area contributed by atoms with Gasteiger partial charge in [0, 0.05) is 29.9 Å². The number of pyridine rings is 1. The van der Waals surface area contributed by atoms with Crippen molar-refractivity contribution >= 4 is 39.9 Å². The molecule has 1 heterocycles. The number of aryl methyl sites for hydroxylation is 1. The highest BCUT2D eigenvalue weighted by Crippen LogP contribution is 2.33. The number of fused-ring (bicyclic) bond motifs is 1. The highest BCUT2D eigenvalue weighted by molar-refractivity contribution is 6.35. The van der Waals surface area contributed by atoms with Crippen LogP contribution in [-0.4, -0.2) is 21.6 Å². The maximum absolute atomic E-state index is 13.5. The van der Waals surface area contributed by atoms with Gasteiger partial charge in [0.05, 0.1) is 22.7 Å². The van der Waals surface area contributed by atoms with E-state index in [-0.39, 0.29) is 33.6 Å². The largest absolute Gasteiger partial charge is 0.481 e. The van der Waals surface area contributed by atoms with Crippen molar-refractivity contribution < 1.29 is 32.3 Å². The predicted molar refractivity (Wildman–Crippen MR) is 118 cm³/mol. The standard InChI is InChI=1S/C23H19ClF4N2O4/c24-17-6-5-15-14(8-10-30(22(15)34)9-2-1-3-20(32)33)21(17)29-19(31)12-13-4-7-18(25)16(11-13)23(26,27)28/h4-8,10-11H,1-3,9,12H2,(H,29,31)(H,32,33). The molecule has 3 rings (SSSR count). The van der Waals surface area contributed by atoms with Crippen molar-refractivity contribution in [3.8, 4) is 0 Å². The first-order valence-corrected chi connectivity index (χ1v) is 10.5. The second kappa shape index (κ2) is 10.3. The van der Waals surface area contributed by atoms with Gasteiger partial charge in [-0.1, -0.05) is 17.7 Å². The lowest BCUT2D eigenvalue weighted by molar-refractivity contribution is -0.140. The number of amides is 1. The number of carboxylic acid groups (broad SMARTS) is 1. The second-order valence-corrected chi connectivity index (χ2v) is 7.99. The fourth-order valence-electron chi connectivity index (χ4n) is 3.47. The molecule has 6 nitrogen and oxygen atoms in total. The average molecular weight is 499 g/mol. The lowest BCUT2D eigenvalue weighted by atomic mass is 10.1. The summed E-state index contributed by atoms with van der Waals surface area (Å²) in [6, 6.07) is 6.76. The van der Waals surface area contributed by atoms with Crippen molar-refractivity contribution in [2.24, 2.45) is 0 Å². The number of hydrogen-bond acceptors (Lipinski definition) is 3. The Hall–Kier alpha value is -3.40. The summed E-state index contributed by atoms with van der Waals surface area (Å²) in [7, 11) is 0. The molecule has 2 N–H and O–H groups in total. The zero-order valence-corrected chi connectivity index (χ0v) is 18.3. The highest BCUT2D eigenvalue weighted by atomic mass is 35.5. The highest BCUT2D eigenvalue weighted by Gasteiger charge is 2.34. The minimum Gasteiger partial charge on any atom is -0.481 e. The number of carbonyl (C=O) groups excluding carboxylic acids is 1. The van der Waals surface area contributed by atoms with Gasteiger partial charge in [0.25, 0.3) is 5.56 Å². The van der Waals surface area contributed by atoms with E-state index in [9.17, 15) is 31.9 Å². The van der Waals surface area contributed by atoms with E-state index in [2.05, 4.69) is 5.32 Å². The van der Waals surface area contributed by atoms with Crippen molar-refractivity contribution in [3.63, 3.8) is 0 Å². The van der Waals surface area contributed by atoms with Crippen LogP contribution in [0.1, 0.15) is 30.4 Å². The van der Waals surface area contributed by atoms with Crippen LogP contribution in [-0.2, 0) is 28.7 Å². The van der Waals surface area contributed by atoms with Crippen molar-refractivity contribution in [3.05, 3.63) is 74.9 Å². The van der Waals surface area contributed by atoms with E-state index in [1.165, 1.54) is 22.9 Å². The van der Waals surface area contributed by atoms with E-state index in [4.69, 9.17) is 16.7 Å². The first-order chi connectivity index (χ1) is 16.0. The number of anilines is 1. The number of carboxylic acids is 1. The Labute approximate surface area is 195 Å². The first-order valence-electron chi connectivity index (χ1n) is 10.2. The summed E-state index contributed by atoms with van der Waals surface area (Å²) in [5.74, 6) is -3.06. The number of hydrogen-bond donors (Lipinski definition) is 2. The van der Waals surface area contributed by atoms with Crippen LogP contribution in [0.2, 0.25) is 5.02 Å². The van der Waals surface area contributed by atoms with E-state index in [1.54, 1.807) is 6.07 Å². The van der Waals surface area contributed by atoms with Crippen LogP contribution in [0, 0.1) is 5.82 Å². The van der Waals surface area contributed by atoms with Gasteiger partial charge in [-0.15, -0.1) is 0 Å². The van der Waals surface area contributed by atoms with Crippen LogP contribution >= 0.6 is 11.6 Å². The minimum absolute atomic E-state index is 0.00730. The summed E-state index contributed by atoms with van der Waals surface area (Å²) in [4.78, 5) is 36.0. The molecule has 0 radical (unpaired) electrons. The lowest BCUT2D eigenvalue weighted by Gasteiger charge is -2.13.